The van der Waals surface area contributed by atoms with Gasteiger partial charge < -0.3 is 15.0 Å². The first kappa shape index (κ1) is 16.0. The van der Waals surface area contributed by atoms with Crippen LogP contribution in [0.4, 0.5) is 11.6 Å². The molecule has 118 valence electrons. The summed E-state index contributed by atoms with van der Waals surface area (Å²) in [5.41, 5.74) is 0. The maximum Gasteiger partial charge on any atom is 0.134 e. The summed E-state index contributed by atoms with van der Waals surface area (Å²) in [4.78, 5) is 11.6. The van der Waals surface area contributed by atoms with Crippen molar-refractivity contribution in [1.82, 2.24) is 9.97 Å². The van der Waals surface area contributed by atoms with E-state index in [2.05, 4.69) is 29.0 Å². The molecule has 0 saturated carbocycles. The van der Waals surface area contributed by atoms with Crippen molar-refractivity contribution in [3.63, 3.8) is 0 Å². The van der Waals surface area contributed by atoms with E-state index in [-0.39, 0.29) is 0 Å². The summed E-state index contributed by atoms with van der Waals surface area (Å²) in [5, 5.41) is 3.14. The molecular weight excluding hydrogens is 264 g/mol. The average molecular weight is 292 g/mol. The Morgan fingerprint density at radius 3 is 2.90 bits per heavy atom. The summed E-state index contributed by atoms with van der Waals surface area (Å²) >= 11 is 0. The SMILES string of the molecule is CCCOC1CCCN(c2cc(NC)nc(CCC)n2)C1. The van der Waals surface area contributed by atoms with Gasteiger partial charge in [-0.15, -0.1) is 0 Å². The molecule has 0 aliphatic carbocycles. The Kier molecular flexibility index (Phi) is 6.23. The van der Waals surface area contributed by atoms with Gasteiger partial charge in [0.1, 0.15) is 17.5 Å². The average Bonchev–Trinajstić information content (AvgIpc) is 2.53. The van der Waals surface area contributed by atoms with Gasteiger partial charge in [-0.3, -0.25) is 0 Å². The van der Waals surface area contributed by atoms with Gasteiger partial charge >= 0.3 is 0 Å². The molecule has 1 fully saturated rings. The second-order valence-corrected chi connectivity index (χ2v) is 5.61. The normalized spacial score (nSPS) is 18.8. The maximum atomic E-state index is 5.92. The monoisotopic (exact) mass is 292 g/mol. The van der Waals surface area contributed by atoms with Crippen molar-refractivity contribution >= 4 is 11.6 Å². The maximum absolute atomic E-state index is 5.92. The van der Waals surface area contributed by atoms with Crippen LogP contribution >= 0.6 is 0 Å². The lowest BCUT2D eigenvalue weighted by atomic mass is 10.1. The van der Waals surface area contributed by atoms with E-state index in [9.17, 15) is 0 Å². The molecule has 1 N–H and O–H groups in total. The van der Waals surface area contributed by atoms with Crippen LogP contribution in [0.2, 0.25) is 0 Å². The van der Waals surface area contributed by atoms with E-state index in [1.807, 2.05) is 13.1 Å². The Bertz CT molecular complexity index is 438. The van der Waals surface area contributed by atoms with Crippen LogP contribution < -0.4 is 10.2 Å². The van der Waals surface area contributed by atoms with Crippen LogP contribution in [-0.4, -0.2) is 42.8 Å². The summed E-state index contributed by atoms with van der Waals surface area (Å²) in [6, 6.07) is 2.04. The van der Waals surface area contributed by atoms with Crippen LogP contribution in [-0.2, 0) is 11.2 Å². The summed E-state index contributed by atoms with van der Waals surface area (Å²) < 4.78 is 5.92. The molecule has 0 spiro atoms. The lowest BCUT2D eigenvalue weighted by Gasteiger charge is -2.33. The molecular formula is C16H28N4O. The number of nitrogens with one attached hydrogen (secondary N) is 1. The van der Waals surface area contributed by atoms with Gasteiger partial charge in [0.05, 0.1) is 6.10 Å². The molecule has 1 aliphatic heterocycles. The zero-order valence-electron chi connectivity index (χ0n) is 13.6. The highest BCUT2D eigenvalue weighted by Gasteiger charge is 2.22. The zero-order valence-corrected chi connectivity index (χ0v) is 13.6. The van der Waals surface area contributed by atoms with E-state index in [1.54, 1.807) is 0 Å². The van der Waals surface area contributed by atoms with Crippen molar-refractivity contribution in [2.75, 3.05) is 37.0 Å². The fourth-order valence-corrected chi connectivity index (χ4v) is 2.68. The first-order valence-corrected chi connectivity index (χ1v) is 8.19. The molecule has 1 saturated heterocycles. The zero-order chi connectivity index (χ0) is 15.1. The summed E-state index contributed by atoms with van der Waals surface area (Å²) in [5.74, 6) is 2.86. The van der Waals surface area contributed by atoms with Crippen molar-refractivity contribution in [3.05, 3.63) is 11.9 Å². The minimum atomic E-state index is 0.335. The lowest BCUT2D eigenvalue weighted by molar-refractivity contribution is 0.0439. The smallest absolute Gasteiger partial charge is 0.134 e. The summed E-state index contributed by atoms with van der Waals surface area (Å²) in [6.45, 7) is 7.15. The molecule has 1 aromatic rings. The van der Waals surface area contributed by atoms with Crippen molar-refractivity contribution in [2.45, 2.75) is 52.1 Å². The Morgan fingerprint density at radius 2 is 2.19 bits per heavy atom. The number of anilines is 2. The van der Waals surface area contributed by atoms with Gasteiger partial charge in [-0.05, 0) is 25.7 Å². The third kappa shape index (κ3) is 4.56. The van der Waals surface area contributed by atoms with E-state index in [0.717, 1.165) is 69.3 Å². The number of aryl methyl sites for hydroxylation is 1. The van der Waals surface area contributed by atoms with Crippen molar-refractivity contribution in [2.24, 2.45) is 0 Å². The van der Waals surface area contributed by atoms with Gasteiger partial charge in [0.15, 0.2) is 0 Å². The van der Waals surface area contributed by atoms with Crippen LogP contribution in [0, 0.1) is 0 Å². The highest BCUT2D eigenvalue weighted by Crippen LogP contribution is 2.22. The highest BCUT2D eigenvalue weighted by atomic mass is 16.5. The molecule has 0 bridgehead atoms. The molecule has 5 nitrogen and oxygen atoms in total. The molecule has 1 aromatic heterocycles. The van der Waals surface area contributed by atoms with Crippen LogP contribution in [0.5, 0.6) is 0 Å². The van der Waals surface area contributed by atoms with E-state index < -0.39 is 0 Å². The van der Waals surface area contributed by atoms with Crippen molar-refractivity contribution in [1.29, 1.82) is 0 Å². The quantitative estimate of drug-likeness (QED) is 0.837. The van der Waals surface area contributed by atoms with Gasteiger partial charge in [-0.1, -0.05) is 13.8 Å². The predicted octanol–water partition coefficient (Wildman–Crippen LogP) is 2.87. The van der Waals surface area contributed by atoms with E-state index in [0.29, 0.717) is 6.10 Å². The number of piperidine rings is 1. The molecule has 2 heterocycles. The van der Waals surface area contributed by atoms with Crippen molar-refractivity contribution in [3.8, 4) is 0 Å². The van der Waals surface area contributed by atoms with Crippen molar-refractivity contribution < 1.29 is 4.74 Å². The number of aromatic nitrogens is 2. The first-order valence-electron chi connectivity index (χ1n) is 8.19. The topological polar surface area (TPSA) is 50.3 Å². The number of nitrogens with zero attached hydrogens (tertiary/aromatic N) is 3. The molecule has 1 unspecified atom stereocenters. The standard InChI is InChI=1S/C16H28N4O/c1-4-7-14-18-15(17-3)11-16(19-14)20-9-6-8-13(12-20)21-10-5-2/h11,13H,4-10,12H2,1-3H3,(H,17,18,19). The molecule has 2 rings (SSSR count). The molecule has 0 radical (unpaired) electrons. The van der Waals surface area contributed by atoms with E-state index in [4.69, 9.17) is 9.72 Å². The lowest BCUT2D eigenvalue weighted by Crippen LogP contribution is -2.40. The van der Waals surface area contributed by atoms with Crippen LogP contribution in [0.15, 0.2) is 6.07 Å². The first-order chi connectivity index (χ1) is 10.3. The fraction of sp³-hybridized carbons (Fsp3) is 0.750. The number of hydrogen-bond donors (Lipinski definition) is 1. The Labute approximate surface area is 128 Å². The summed E-state index contributed by atoms with van der Waals surface area (Å²) in [6.07, 6.45) is 5.72. The largest absolute Gasteiger partial charge is 0.376 e. The number of ether oxygens (including phenoxy) is 1. The molecule has 1 atom stereocenters. The Morgan fingerprint density at radius 1 is 1.33 bits per heavy atom. The van der Waals surface area contributed by atoms with Crippen LogP contribution in [0.25, 0.3) is 0 Å². The Hall–Kier alpha value is -1.36. The second kappa shape index (κ2) is 8.17. The minimum absolute atomic E-state index is 0.335. The Balaban J connectivity index is 2.10. The van der Waals surface area contributed by atoms with Crippen LogP contribution in [0.3, 0.4) is 0 Å². The van der Waals surface area contributed by atoms with E-state index in [1.165, 1.54) is 0 Å². The predicted molar refractivity (Wildman–Crippen MR) is 87.1 cm³/mol. The highest BCUT2D eigenvalue weighted by molar-refractivity contribution is 5.49. The van der Waals surface area contributed by atoms with Gasteiger partial charge in [-0.25, -0.2) is 9.97 Å². The fourth-order valence-electron chi connectivity index (χ4n) is 2.68. The van der Waals surface area contributed by atoms with Gasteiger partial charge in [0.2, 0.25) is 0 Å². The molecule has 0 aromatic carbocycles. The summed E-state index contributed by atoms with van der Waals surface area (Å²) in [7, 11) is 1.91. The van der Waals surface area contributed by atoms with Gasteiger partial charge in [0, 0.05) is 39.2 Å². The molecule has 1 aliphatic rings. The third-order valence-electron chi connectivity index (χ3n) is 3.75. The number of hydrogen-bond acceptors (Lipinski definition) is 5. The minimum Gasteiger partial charge on any atom is -0.376 e. The third-order valence-corrected chi connectivity index (χ3v) is 3.75. The van der Waals surface area contributed by atoms with Crippen LogP contribution in [0.1, 0.15) is 45.4 Å². The number of rotatable bonds is 7. The molecule has 5 heteroatoms. The van der Waals surface area contributed by atoms with Gasteiger partial charge in [0.25, 0.3) is 0 Å². The van der Waals surface area contributed by atoms with Gasteiger partial charge in [-0.2, -0.15) is 0 Å². The second-order valence-electron chi connectivity index (χ2n) is 5.61. The molecule has 21 heavy (non-hydrogen) atoms. The molecule has 0 amide bonds. The van der Waals surface area contributed by atoms with E-state index >= 15 is 0 Å².